The molecule has 0 aliphatic rings. The molecule has 2 rings (SSSR count). The topological polar surface area (TPSA) is 103 Å². The van der Waals surface area contributed by atoms with Gasteiger partial charge in [0.15, 0.2) is 0 Å². The monoisotopic (exact) mass is 329 g/mol. The molecule has 0 aliphatic carbocycles. The number of nitro benzene ring substituents is 1. The van der Waals surface area contributed by atoms with Gasteiger partial charge < -0.3 is 9.47 Å². The minimum Gasteiger partial charge on any atom is -0.497 e. The summed E-state index contributed by atoms with van der Waals surface area (Å²) in [4.78, 5) is 22.1. The lowest BCUT2D eigenvalue weighted by Crippen LogP contribution is -2.17. The van der Waals surface area contributed by atoms with Gasteiger partial charge in [0.1, 0.15) is 11.5 Å². The van der Waals surface area contributed by atoms with Crippen LogP contribution in [0.5, 0.6) is 11.5 Å². The highest BCUT2D eigenvalue weighted by Crippen LogP contribution is 2.23. The van der Waals surface area contributed by atoms with Crippen molar-refractivity contribution in [2.24, 2.45) is 5.10 Å². The number of ether oxygens (including phenoxy) is 2. The lowest BCUT2D eigenvalue weighted by atomic mass is 10.2. The van der Waals surface area contributed by atoms with E-state index in [0.717, 1.165) is 0 Å². The van der Waals surface area contributed by atoms with Gasteiger partial charge in [0.2, 0.25) is 0 Å². The van der Waals surface area contributed by atoms with Crippen LogP contribution in [0.2, 0.25) is 0 Å². The van der Waals surface area contributed by atoms with Crippen LogP contribution >= 0.6 is 0 Å². The van der Waals surface area contributed by atoms with Crippen LogP contribution < -0.4 is 14.9 Å². The second-order valence-electron chi connectivity index (χ2n) is 4.61. The summed E-state index contributed by atoms with van der Waals surface area (Å²) < 4.78 is 10.3. The van der Waals surface area contributed by atoms with E-state index in [1.807, 2.05) is 0 Å². The van der Waals surface area contributed by atoms with Gasteiger partial charge in [-0.15, -0.1) is 0 Å². The number of hydrogen-bond acceptors (Lipinski definition) is 6. The molecule has 0 bridgehead atoms. The van der Waals surface area contributed by atoms with Gasteiger partial charge in [-0.05, 0) is 18.2 Å². The average Bonchev–Trinajstić information content (AvgIpc) is 2.61. The van der Waals surface area contributed by atoms with Crippen LogP contribution in [-0.4, -0.2) is 31.3 Å². The van der Waals surface area contributed by atoms with Crippen LogP contribution in [0.3, 0.4) is 0 Å². The number of methoxy groups -OCH3 is 2. The predicted molar refractivity (Wildman–Crippen MR) is 87.7 cm³/mol. The minimum absolute atomic E-state index is 0.142. The molecule has 1 N–H and O–H groups in total. The van der Waals surface area contributed by atoms with Crippen LogP contribution in [0.25, 0.3) is 0 Å². The highest BCUT2D eigenvalue weighted by Gasteiger charge is 2.10. The molecule has 1 amide bonds. The Balaban J connectivity index is 2.10. The van der Waals surface area contributed by atoms with Gasteiger partial charge in [0, 0.05) is 29.3 Å². The lowest BCUT2D eigenvalue weighted by molar-refractivity contribution is -0.384. The third kappa shape index (κ3) is 4.07. The number of carbonyl (C=O) groups excluding carboxylic acids is 1. The van der Waals surface area contributed by atoms with Crippen LogP contribution in [-0.2, 0) is 0 Å². The summed E-state index contributed by atoms with van der Waals surface area (Å²) in [6.07, 6.45) is 1.41. The van der Waals surface area contributed by atoms with Gasteiger partial charge in [0.05, 0.1) is 25.4 Å². The third-order valence-electron chi connectivity index (χ3n) is 3.13. The molecular formula is C16H15N3O5. The molecule has 2 aromatic rings. The molecule has 0 radical (unpaired) electrons. The molecule has 8 heteroatoms. The first kappa shape index (κ1) is 16.9. The van der Waals surface area contributed by atoms with Crippen molar-refractivity contribution in [2.75, 3.05) is 14.2 Å². The van der Waals surface area contributed by atoms with Crippen molar-refractivity contribution >= 4 is 17.8 Å². The Morgan fingerprint density at radius 2 is 2.00 bits per heavy atom. The van der Waals surface area contributed by atoms with Crippen LogP contribution in [0.4, 0.5) is 5.69 Å². The number of nitrogens with one attached hydrogen (secondary N) is 1. The van der Waals surface area contributed by atoms with Crippen LogP contribution in [0, 0.1) is 10.1 Å². The number of carbonyl (C=O) groups is 1. The van der Waals surface area contributed by atoms with Crippen molar-refractivity contribution < 1.29 is 19.2 Å². The van der Waals surface area contributed by atoms with E-state index in [0.29, 0.717) is 17.1 Å². The highest BCUT2D eigenvalue weighted by molar-refractivity contribution is 5.95. The molecule has 0 fully saturated rings. The number of non-ortho nitro benzene ring substituents is 1. The Bertz CT molecular complexity index is 789. The number of hydrazone groups is 1. The second kappa shape index (κ2) is 7.73. The van der Waals surface area contributed by atoms with Gasteiger partial charge in [0.25, 0.3) is 11.6 Å². The van der Waals surface area contributed by atoms with Crippen molar-refractivity contribution in [3.05, 3.63) is 63.7 Å². The largest absolute Gasteiger partial charge is 0.497 e. The van der Waals surface area contributed by atoms with Gasteiger partial charge in [-0.2, -0.15) is 5.10 Å². The summed E-state index contributed by atoms with van der Waals surface area (Å²) >= 11 is 0. The molecule has 0 heterocycles. The van der Waals surface area contributed by atoms with E-state index in [-0.39, 0.29) is 11.3 Å². The first-order valence-electron chi connectivity index (χ1n) is 6.85. The Kier molecular flexibility index (Phi) is 5.45. The van der Waals surface area contributed by atoms with E-state index < -0.39 is 10.8 Å². The molecule has 0 atom stereocenters. The van der Waals surface area contributed by atoms with Gasteiger partial charge in [-0.3, -0.25) is 14.9 Å². The summed E-state index contributed by atoms with van der Waals surface area (Å²) in [6.45, 7) is 0. The molecule has 0 aliphatic heterocycles. The minimum atomic E-state index is -0.567. The summed E-state index contributed by atoms with van der Waals surface area (Å²) in [5.74, 6) is 0.606. The number of benzene rings is 2. The van der Waals surface area contributed by atoms with E-state index in [1.54, 1.807) is 25.3 Å². The Labute approximate surface area is 137 Å². The lowest BCUT2D eigenvalue weighted by Gasteiger charge is -2.06. The Hall–Kier alpha value is -3.42. The molecule has 8 nitrogen and oxygen atoms in total. The number of hydrogen-bond donors (Lipinski definition) is 1. The van der Waals surface area contributed by atoms with E-state index in [2.05, 4.69) is 10.5 Å². The quantitative estimate of drug-likeness (QED) is 0.498. The molecule has 0 spiro atoms. The fourth-order valence-corrected chi connectivity index (χ4v) is 1.91. The standard InChI is InChI=1S/C16H15N3O5/c1-23-14-7-6-12(15(9-14)24-2)10-17-18-16(20)11-4-3-5-13(8-11)19(21)22/h3-10H,1-2H3,(H,18,20)/b17-10+. The summed E-state index contributed by atoms with van der Waals surface area (Å²) in [5, 5.41) is 14.6. The summed E-state index contributed by atoms with van der Waals surface area (Å²) in [5.41, 5.74) is 2.93. The number of rotatable bonds is 6. The summed E-state index contributed by atoms with van der Waals surface area (Å²) in [7, 11) is 3.05. The maximum Gasteiger partial charge on any atom is 0.271 e. The Morgan fingerprint density at radius 3 is 2.67 bits per heavy atom. The van der Waals surface area contributed by atoms with Crippen LogP contribution in [0.15, 0.2) is 47.6 Å². The number of nitrogens with zero attached hydrogens (tertiary/aromatic N) is 2. The van der Waals surface area contributed by atoms with Crippen LogP contribution in [0.1, 0.15) is 15.9 Å². The van der Waals surface area contributed by atoms with E-state index in [4.69, 9.17) is 9.47 Å². The molecule has 0 unspecified atom stereocenters. The molecule has 124 valence electrons. The first-order valence-corrected chi connectivity index (χ1v) is 6.85. The fourth-order valence-electron chi connectivity index (χ4n) is 1.91. The maximum absolute atomic E-state index is 12.0. The number of nitro groups is 1. The van der Waals surface area contributed by atoms with Gasteiger partial charge in [-0.1, -0.05) is 6.07 Å². The highest BCUT2D eigenvalue weighted by atomic mass is 16.6. The molecule has 0 aromatic heterocycles. The normalized spacial score (nSPS) is 10.4. The van der Waals surface area contributed by atoms with E-state index in [9.17, 15) is 14.9 Å². The van der Waals surface area contributed by atoms with E-state index in [1.165, 1.54) is 37.6 Å². The zero-order valence-corrected chi connectivity index (χ0v) is 13.1. The zero-order valence-electron chi connectivity index (χ0n) is 13.1. The van der Waals surface area contributed by atoms with Crippen molar-refractivity contribution in [1.29, 1.82) is 0 Å². The predicted octanol–water partition coefficient (Wildman–Crippen LogP) is 2.38. The van der Waals surface area contributed by atoms with E-state index >= 15 is 0 Å². The van der Waals surface area contributed by atoms with Crippen molar-refractivity contribution in [2.45, 2.75) is 0 Å². The number of amides is 1. The van der Waals surface area contributed by atoms with Crippen molar-refractivity contribution in [1.82, 2.24) is 5.43 Å². The zero-order chi connectivity index (χ0) is 17.5. The molecular weight excluding hydrogens is 314 g/mol. The van der Waals surface area contributed by atoms with Crippen molar-refractivity contribution in [3.8, 4) is 11.5 Å². The van der Waals surface area contributed by atoms with Gasteiger partial charge >= 0.3 is 0 Å². The Morgan fingerprint density at radius 1 is 1.21 bits per heavy atom. The SMILES string of the molecule is COc1ccc(/C=N/NC(=O)c2cccc([N+](=O)[O-])c2)c(OC)c1. The third-order valence-corrected chi connectivity index (χ3v) is 3.13. The second-order valence-corrected chi connectivity index (χ2v) is 4.61. The molecule has 0 saturated carbocycles. The average molecular weight is 329 g/mol. The maximum atomic E-state index is 12.0. The fraction of sp³-hybridized carbons (Fsp3) is 0.125. The first-order chi connectivity index (χ1) is 11.5. The molecule has 2 aromatic carbocycles. The smallest absolute Gasteiger partial charge is 0.271 e. The summed E-state index contributed by atoms with van der Waals surface area (Å²) in [6, 6.07) is 10.5. The van der Waals surface area contributed by atoms with Gasteiger partial charge in [-0.25, -0.2) is 5.43 Å². The molecule has 24 heavy (non-hydrogen) atoms. The molecule has 0 saturated heterocycles. The van der Waals surface area contributed by atoms with Crippen molar-refractivity contribution in [3.63, 3.8) is 0 Å².